The van der Waals surface area contributed by atoms with Crippen LogP contribution in [0.4, 0.5) is 17.1 Å². The lowest BCUT2D eigenvalue weighted by molar-refractivity contribution is 0.395. The zero-order chi connectivity index (χ0) is 16.3. The fraction of sp³-hybridized carbons (Fsp3) is 0.294. The Kier molecular flexibility index (Phi) is 4.65. The van der Waals surface area contributed by atoms with E-state index in [4.69, 9.17) is 19.9 Å². The summed E-state index contributed by atoms with van der Waals surface area (Å²) in [6, 6.07) is 7.55. The van der Waals surface area contributed by atoms with Crippen molar-refractivity contribution in [1.29, 1.82) is 0 Å². The first-order chi connectivity index (χ1) is 10.5. The number of aryl methyl sites for hydroxylation is 2. The molecule has 0 amide bonds. The van der Waals surface area contributed by atoms with Gasteiger partial charge in [-0.15, -0.1) is 0 Å². The Morgan fingerprint density at radius 1 is 0.818 bits per heavy atom. The topological polar surface area (TPSA) is 65.7 Å². The fourth-order valence-corrected chi connectivity index (χ4v) is 2.27. The number of nitrogen functional groups attached to an aromatic ring is 1. The van der Waals surface area contributed by atoms with E-state index in [1.165, 1.54) is 0 Å². The molecule has 2 aromatic carbocycles. The molecule has 5 nitrogen and oxygen atoms in total. The predicted molar refractivity (Wildman–Crippen MR) is 89.7 cm³/mol. The van der Waals surface area contributed by atoms with E-state index < -0.39 is 0 Å². The van der Waals surface area contributed by atoms with E-state index in [-0.39, 0.29) is 0 Å². The number of nitrogens with one attached hydrogen (secondary N) is 1. The highest BCUT2D eigenvalue weighted by Crippen LogP contribution is 2.38. The number of methoxy groups -OCH3 is 3. The van der Waals surface area contributed by atoms with Gasteiger partial charge in [-0.1, -0.05) is 0 Å². The molecule has 0 fully saturated rings. The van der Waals surface area contributed by atoms with Crippen molar-refractivity contribution in [3.63, 3.8) is 0 Å². The fourth-order valence-electron chi connectivity index (χ4n) is 2.27. The molecule has 0 radical (unpaired) electrons. The zero-order valence-corrected chi connectivity index (χ0v) is 13.6. The average Bonchev–Trinajstić information content (AvgIpc) is 2.51. The number of rotatable bonds is 5. The van der Waals surface area contributed by atoms with E-state index in [1.54, 1.807) is 21.3 Å². The summed E-state index contributed by atoms with van der Waals surface area (Å²) >= 11 is 0. The first kappa shape index (κ1) is 15.8. The van der Waals surface area contributed by atoms with Crippen molar-refractivity contribution >= 4 is 17.1 Å². The molecule has 0 atom stereocenters. The monoisotopic (exact) mass is 302 g/mol. The summed E-state index contributed by atoms with van der Waals surface area (Å²) in [6.07, 6.45) is 0. The molecule has 118 valence electrons. The van der Waals surface area contributed by atoms with Crippen LogP contribution in [0.3, 0.4) is 0 Å². The number of benzene rings is 2. The number of ether oxygens (including phenoxy) is 3. The van der Waals surface area contributed by atoms with Crippen LogP contribution in [0.1, 0.15) is 11.1 Å². The van der Waals surface area contributed by atoms with Crippen LogP contribution in [-0.2, 0) is 0 Å². The minimum absolute atomic E-state index is 0.681. The highest BCUT2D eigenvalue weighted by molar-refractivity contribution is 5.76. The second-order valence-electron chi connectivity index (χ2n) is 5.06. The molecule has 0 saturated carbocycles. The second kappa shape index (κ2) is 6.47. The zero-order valence-electron chi connectivity index (χ0n) is 13.6. The first-order valence-corrected chi connectivity index (χ1v) is 6.94. The van der Waals surface area contributed by atoms with Gasteiger partial charge in [0, 0.05) is 17.8 Å². The SMILES string of the molecule is COc1cc(C)c(Nc2cc(C)c(N)cc2OC)c(OC)c1. The highest BCUT2D eigenvalue weighted by atomic mass is 16.5. The highest BCUT2D eigenvalue weighted by Gasteiger charge is 2.13. The van der Waals surface area contributed by atoms with Crippen molar-refractivity contribution in [1.82, 2.24) is 0 Å². The van der Waals surface area contributed by atoms with Gasteiger partial charge in [0.15, 0.2) is 0 Å². The second-order valence-corrected chi connectivity index (χ2v) is 5.06. The average molecular weight is 302 g/mol. The van der Waals surface area contributed by atoms with E-state index in [1.807, 2.05) is 38.1 Å². The quantitative estimate of drug-likeness (QED) is 0.825. The summed E-state index contributed by atoms with van der Waals surface area (Å²) in [6.45, 7) is 3.95. The molecule has 0 aliphatic carbocycles. The van der Waals surface area contributed by atoms with Gasteiger partial charge >= 0.3 is 0 Å². The van der Waals surface area contributed by atoms with Crippen molar-refractivity contribution in [3.05, 3.63) is 35.4 Å². The largest absolute Gasteiger partial charge is 0.497 e. The van der Waals surface area contributed by atoms with E-state index >= 15 is 0 Å². The molecule has 5 heteroatoms. The van der Waals surface area contributed by atoms with Gasteiger partial charge in [-0.05, 0) is 37.1 Å². The van der Waals surface area contributed by atoms with Gasteiger partial charge in [0.25, 0.3) is 0 Å². The van der Waals surface area contributed by atoms with Crippen LogP contribution in [0.25, 0.3) is 0 Å². The van der Waals surface area contributed by atoms with Crippen LogP contribution < -0.4 is 25.3 Å². The molecule has 2 rings (SSSR count). The third kappa shape index (κ3) is 3.03. The number of nitrogens with two attached hydrogens (primary N) is 1. The van der Waals surface area contributed by atoms with Gasteiger partial charge in [0.2, 0.25) is 0 Å². The maximum atomic E-state index is 5.93. The molecular weight excluding hydrogens is 280 g/mol. The van der Waals surface area contributed by atoms with Crippen LogP contribution in [0, 0.1) is 13.8 Å². The smallest absolute Gasteiger partial charge is 0.146 e. The third-order valence-corrected chi connectivity index (χ3v) is 3.58. The van der Waals surface area contributed by atoms with E-state index in [2.05, 4.69) is 5.32 Å². The summed E-state index contributed by atoms with van der Waals surface area (Å²) in [5.41, 5.74) is 10.3. The summed E-state index contributed by atoms with van der Waals surface area (Å²) in [7, 11) is 4.88. The maximum absolute atomic E-state index is 5.93. The van der Waals surface area contributed by atoms with Gasteiger partial charge < -0.3 is 25.3 Å². The van der Waals surface area contributed by atoms with Gasteiger partial charge in [-0.2, -0.15) is 0 Å². The first-order valence-electron chi connectivity index (χ1n) is 6.94. The lowest BCUT2D eigenvalue weighted by Gasteiger charge is -2.18. The Labute approximate surface area is 131 Å². The molecule has 2 aromatic rings. The van der Waals surface area contributed by atoms with Crippen molar-refractivity contribution in [2.75, 3.05) is 32.4 Å². The molecule has 3 N–H and O–H groups in total. The Balaban J connectivity index is 2.49. The molecule has 0 saturated heterocycles. The van der Waals surface area contributed by atoms with Crippen molar-refractivity contribution in [2.24, 2.45) is 0 Å². The van der Waals surface area contributed by atoms with E-state index in [0.717, 1.165) is 28.3 Å². The number of hydrogen-bond acceptors (Lipinski definition) is 5. The van der Waals surface area contributed by atoms with Crippen molar-refractivity contribution < 1.29 is 14.2 Å². The number of anilines is 3. The van der Waals surface area contributed by atoms with Crippen LogP contribution >= 0.6 is 0 Å². The van der Waals surface area contributed by atoms with Crippen molar-refractivity contribution in [2.45, 2.75) is 13.8 Å². The molecule has 0 unspecified atom stereocenters. The molecule has 22 heavy (non-hydrogen) atoms. The lowest BCUT2D eigenvalue weighted by atomic mass is 10.1. The predicted octanol–water partition coefficient (Wildman–Crippen LogP) is 3.66. The van der Waals surface area contributed by atoms with Crippen LogP contribution in [0.2, 0.25) is 0 Å². The molecule has 0 heterocycles. The molecule has 0 aromatic heterocycles. The lowest BCUT2D eigenvalue weighted by Crippen LogP contribution is -2.02. The summed E-state index contributed by atoms with van der Waals surface area (Å²) in [5, 5.41) is 3.37. The molecular formula is C17H22N2O3. The van der Waals surface area contributed by atoms with E-state index in [0.29, 0.717) is 17.2 Å². The van der Waals surface area contributed by atoms with E-state index in [9.17, 15) is 0 Å². The Hall–Kier alpha value is -2.56. The minimum atomic E-state index is 0.681. The summed E-state index contributed by atoms with van der Waals surface area (Å²) < 4.78 is 16.1. The van der Waals surface area contributed by atoms with Gasteiger partial charge in [0.05, 0.1) is 32.7 Å². The van der Waals surface area contributed by atoms with Gasteiger partial charge in [0.1, 0.15) is 17.2 Å². The molecule has 0 aliphatic heterocycles. The van der Waals surface area contributed by atoms with Crippen LogP contribution in [0.5, 0.6) is 17.2 Å². The molecule has 0 bridgehead atoms. The number of hydrogen-bond donors (Lipinski definition) is 2. The normalized spacial score (nSPS) is 10.2. The Bertz CT molecular complexity index is 684. The summed E-state index contributed by atoms with van der Waals surface area (Å²) in [4.78, 5) is 0. The van der Waals surface area contributed by atoms with Gasteiger partial charge in [-0.3, -0.25) is 0 Å². The van der Waals surface area contributed by atoms with Crippen LogP contribution in [0.15, 0.2) is 24.3 Å². The molecule has 0 spiro atoms. The molecule has 0 aliphatic rings. The maximum Gasteiger partial charge on any atom is 0.146 e. The summed E-state index contributed by atoms with van der Waals surface area (Å²) in [5.74, 6) is 2.13. The Morgan fingerprint density at radius 3 is 2.09 bits per heavy atom. The van der Waals surface area contributed by atoms with Gasteiger partial charge in [-0.25, -0.2) is 0 Å². The Morgan fingerprint density at radius 2 is 1.50 bits per heavy atom. The minimum Gasteiger partial charge on any atom is -0.497 e. The standard InChI is InChI=1S/C17H22N2O3/c1-10-7-14(15(21-4)9-13(10)18)19-17-11(2)6-12(20-3)8-16(17)22-5/h6-9,19H,18H2,1-5H3. The van der Waals surface area contributed by atoms with Crippen molar-refractivity contribution in [3.8, 4) is 17.2 Å². The third-order valence-electron chi connectivity index (χ3n) is 3.58. The van der Waals surface area contributed by atoms with Crippen LogP contribution in [-0.4, -0.2) is 21.3 Å².